The standard InChI is InChI=1S/C16H27NO/c1-5-8-9-10-12-16(4,11-6-2)14-13-18-17-15(14)7-3/h7,13H,3,5-6,8-12H2,1-2,4H3. The molecule has 0 saturated carbocycles. The molecule has 1 heterocycles. The van der Waals surface area contributed by atoms with Crippen molar-refractivity contribution in [3.63, 3.8) is 0 Å². The van der Waals surface area contributed by atoms with Gasteiger partial charge in [-0.05, 0) is 24.3 Å². The maximum atomic E-state index is 5.14. The van der Waals surface area contributed by atoms with Gasteiger partial charge < -0.3 is 4.52 Å². The van der Waals surface area contributed by atoms with Crippen molar-refractivity contribution in [1.82, 2.24) is 5.16 Å². The van der Waals surface area contributed by atoms with Crippen LogP contribution in [-0.2, 0) is 5.41 Å². The third kappa shape index (κ3) is 3.72. The first-order valence-electron chi connectivity index (χ1n) is 7.25. The summed E-state index contributed by atoms with van der Waals surface area (Å²) < 4.78 is 5.14. The van der Waals surface area contributed by atoms with Crippen molar-refractivity contribution in [3.05, 3.63) is 24.1 Å². The molecule has 0 spiro atoms. The number of hydrogen-bond donors (Lipinski definition) is 0. The van der Waals surface area contributed by atoms with E-state index in [9.17, 15) is 0 Å². The van der Waals surface area contributed by atoms with Gasteiger partial charge in [-0.3, -0.25) is 0 Å². The van der Waals surface area contributed by atoms with Crippen LogP contribution in [0.25, 0.3) is 6.08 Å². The van der Waals surface area contributed by atoms with Crippen molar-refractivity contribution in [3.8, 4) is 0 Å². The SMILES string of the molecule is C=Cc1nocc1C(C)(CCC)CCCCCC. The molecule has 1 rings (SSSR count). The van der Waals surface area contributed by atoms with Gasteiger partial charge in [0.25, 0.3) is 0 Å². The molecule has 0 amide bonds. The molecular weight excluding hydrogens is 222 g/mol. The molecule has 1 aromatic heterocycles. The highest BCUT2D eigenvalue weighted by molar-refractivity contribution is 5.48. The van der Waals surface area contributed by atoms with Crippen LogP contribution in [0.3, 0.4) is 0 Å². The minimum absolute atomic E-state index is 0.187. The Morgan fingerprint density at radius 3 is 2.61 bits per heavy atom. The summed E-state index contributed by atoms with van der Waals surface area (Å²) in [6.45, 7) is 10.7. The van der Waals surface area contributed by atoms with Gasteiger partial charge in [0.15, 0.2) is 0 Å². The predicted molar refractivity (Wildman–Crippen MR) is 77.6 cm³/mol. The number of nitrogens with zero attached hydrogens (tertiary/aromatic N) is 1. The first kappa shape index (κ1) is 15.0. The lowest BCUT2D eigenvalue weighted by molar-refractivity contribution is 0.369. The lowest BCUT2D eigenvalue weighted by atomic mass is 9.75. The van der Waals surface area contributed by atoms with Crippen LogP contribution in [0.2, 0.25) is 0 Å². The van der Waals surface area contributed by atoms with Crippen LogP contribution >= 0.6 is 0 Å². The summed E-state index contributed by atoms with van der Waals surface area (Å²) in [5.74, 6) is 0. The van der Waals surface area contributed by atoms with Crippen molar-refractivity contribution in [2.45, 2.75) is 71.1 Å². The topological polar surface area (TPSA) is 26.0 Å². The molecule has 1 unspecified atom stereocenters. The van der Waals surface area contributed by atoms with Crippen molar-refractivity contribution in [1.29, 1.82) is 0 Å². The van der Waals surface area contributed by atoms with Gasteiger partial charge in [-0.15, -0.1) is 0 Å². The van der Waals surface area contributed by atoms with Gasteiger partial charge in [-0.25, -0.2) is 0 Å². The third-order valence-corrected chi connectivity index (χ3v) is 3.83. The van der Waals surface area contributed by atoms with E-state index < -0.39 is 0 Å². The zero-order valence-electron chi connectivity index (χ0n) is 12.2. The Hall–Kier alpha value is -1.05. The smallest absolute Gasteiger partial charge is 0.128 e. The normalized spacial score (nSPS) is 14.4. The maximum Gasteiger partial charge on any atom is 0.128 e. The maximum absolute atomic E-state index is 5.14. The quantitative estimate of drug-likeness (QED) is 0.552. The van der Waals surface area contributed by atoms with Crippen LogP contribution in [0.5, 0.6) is 0 Å². The van der Waals surface area contributed by atoms with E-state index in [1.54, 1.807) is 6.08 Å². The van der Waals surface area contributed by atoms with Gasteiger partial charge in [-0.2, -0.15) is 0 Å². The van der Waals surface area contributed by atoms with E-state index in [4.69, 9.17) is 4.52 Å². The molecule has 102 valence electrons. The summed E-state index contributed by atoms with van der Waals surface area (Å²) >= 11 is 0. The second-order valence-corrected chi connectivity index (χ2v) is 5.44. The van der Waals surface area contributed by atoms with E-state index in [-0.39, 0.29) is 5.41 Å². The number of aromatic nitrogens is 1. The lowest BCUT2D eigenvalue weighted by Gasteiger charge is -2.28. The summed E-state index contributed by atoms with van der Waals surface area (Å²) in [4.78, 5) is 0. The van der Waals surface area contributed by atoms with Gasteiger partial charge >= 0.3 is 0 Å². The van der Waals surface area contributed by atoms with E-state index in [1.165, 1.54) is 50.5 Å². The van der Waals surface area contributed by atoms with Crippen molar-refractivity contribution >= 4 is 6.08 Å². The predicted octanol–water partition coefficient (Wildman–Crippen LogP) is 5.35. The Morgan fingerprint density at radius 2 is 2.00 bits per heavy atom. The van der Waals surface area contributed by atoms with Gasteiger partial charge in [0, 0.05) is 5.56 Å². The van der Waals surface area contributed by atoms with E-state index in [0.29, 0.717) is 0 Å². The Balaban J connectivity index is 2.75. The van der Waals surface area contributed by atoms with E-state index in [0.717, 1.165) is 5.69 Å². The van der Waals surface area contributed by atoms with Gasteiger partial charge in [0.05, 0.1) is 0 Å². The van der Waals surface area contributed by atoms with Gasteiger partial charge in [-0.1, -0.05) is 64.6 Å². The largest absolute Gasteiger partial charge is 0.364 e. The monoisotopic (exact) mass is 249 g/mol. The van der Waals surface area contributed by atoms with Gasteiger partial charge in [0.2, 0.25) is 0 Å². The summed E-state index contributed by atoms with van der Waals surface area (Å²) in [5, 5.41) is 4.03. The molecule has 0 N–H and O–H groups in total. The second kappa shape index (κ2) is 7.40. The molecule has 0 aliphatic heterocycles. The van der Waals surface area contributed by atoms with Crippen LogP contribution in [0.4, 0.5) is 0 Å². The zero-order chi connectivity index (χ0) is 13.4. The Morgan fingerprint density at radius 1 is 1.22 bits per heavy atom. The highest BCUT2D eigenvalue weighted by Crippen LogP contribution is 2.36. The summed E-state index contributed by atoms with van der Waals surface area (Å²) in [6.07, 6.45) is 12.4. The summed E-state index contributed by atoms with van der Waals surface area (Å²) in [6, 6.07) is 0. The van der Waals surface area contributed by atoms with Crippen LogP contribution in [-0.4, -0.2) is 5.16 Å². The summed E-state index contributed by atoms with van der Waals surface area (Å²) in [7, 11) is 0. The zero-order valence-corrected chi connectivity index (χ0v) is 12.2. The van der Waals surface area contributed by atoms with Crippen LogP contribution in [0.15, 0.2) is 17.4 Å². The van der Waals surface area contributed by atoms with Gasteiger partial charge in [0.1, 0.15) is 12.0 Å². The molecule has 0 aliphatic carbocycles. The van der Waals surface area contributed by atoms with Crippen LogP contribution < -0.4 is 0 Å². The van der Waals surface area contributed by atoms with E-state index in [1.807, 2.05) is 6.26 Å². The fourth-order valence-corrected chi connectivity index (χ4v) is 2.73. The van der Waals surface area contributed by atoms with Crippen LogP contribution in [0.1, 0.15) is 77.0 Å². The van der Waals surface area contributed by atoms with E-state index >= 15 is 0 Å². The molecule has 2 heteroatoms. The Labute approximate surface area is 111 Å². The highest BCUT2D eigenvalue weighted by atomic mass is 16.5. The molecule has 0 saturated heterocycles. The third-order valence-electron chi connectivity index (χ3n) is 3.83. The highest BCUT2D eigenvalue weighted by Gasteiger charge is 2.29. The molecule has 2 nitrogen and oxygen atoms in total. The first-order chi connectivity index (χ1) is 8.68. The van der Waals surface area contributed by atoms with Crippen molar-refractivity contribution < 1.29 is 4.52 Å². The molecule has 0 aromatic carbocycles. The number of unbranched alkanes of at least 4 members (excludes halogenated alkanes) is 3. The number of rotatable bonds is 9. The average Bonchev–Trinajstić information content (AvgIpc) is 2.84. The molecular formula is C16H27NO. The van der Waals surface area contributed by atoms with Crippen molar-refractivity contribution in [2.75, 3.05) is 0 Å². The minimum Gasteiger partial charge on any atom is -0.364 e. The lowest BCUT2D eigenvalue weighted by Crippen LogP contribution is -2.22. The summed E-state index contributed by atoms with van der Waals surface area (Å²) in [5.41, 5.74) is 2.34. The number of hydrogen-bond acceptors (Lipinski definition) is 2. The fraction of sp³-hybridized carbons (Fsp3) is 0.688. The minimum atomic E-state index is 0.187. The Kier molecular flexibility index (Phi) is 6.17. The molecule has 0 aliphatic rings. The molecule has 0 bridgehead atoms. The molecule has 1 atom stereocenters. The molecule has 18 heavy (non-hydrogen) atoms. The first-order valence-corrected chi connectivity index (χ1v) is 7.25. The van der Waals surface area contributed by atoms with Crippen LogP contribution in [0, 0.1) is 0 Å². The second-order valence-electron chi connectivity index (χ2n) is 5.44. The molecule has 0 fully saturated rings. The van der Waals surface area contributed by atoms with Crippen molar-refractivity contribution in [2.24, 2.45) is 0 Å². The Bertz CT molecular complexity index is 356. The van der Waals surface area contributed by atoms with E-state index in [2.05, 4.69) is 32.5 Å². The fourth-order valence-electron chi connectivity index (χ4n) is 2.73. The molecule has 0 radical (unpaired) electrons. The molecule has 1 aromatic rings. The average molecular weight is 249 g/mol.